The number of rotatable bonds is 8. The maximum absolute atomic E-state index is 11.9. The maximum atomic E-state index is 11.9. The van der Waals surface area contributed by atoms with Crippen LogP contribution in [0.3, 0.4) is 0 Å². The van der Waals surface area contributed by atoms with Crippen molar-refractivity contribution >= 4 is 29.5 Å². The Morgan fingerprint density at radius 3 is 2.86 bits per heavy atom. The lowest BCUT2D eigenvalue weighted by atomic mass is 10.0. The van der Waals surface area contributed by atoms with Crippen molar-refractivity contribution in [2.45, 2.75) is 38.9 Å². The average Bonchev–Trinajstić information content (AvgIpc) is 3.29. The van der Waals surface area contributed by atoms with E-state index in [9.17, 15) is 4.79 Å². The van der Waals surface area contributed by atoms with Gasteiger partial charge in [-0.05, 0) is 50.2 Å². The van der Waals surface area contributed by atoms with Gasteiger partial charge in [0.2, 0.25) is 0 Å². The number of benzene rings is 1. The van der Waals surface area contributed by atoms with Crippen LogP contribution in [0.1, 0.15) is 37.1 Å². The minimum Gasteiger partial charge on any atom is -0.497 e. The molecule has 0 unspecified atom stereocenters. The van der Waals surface area contributed by atoms with Gasteiger partial charge in [0.25, 0.3) is 0 Å². The van der Waals surface area contributed by atoms with Gasteiger partial charge in [-0.15, -0.1) is 11.3 Å². The Morgan fingerprint density at radius 1 is 1.32 bits per heavy atom. The zero-order valence-electron chi connectivity index (χ0n) is 16.5. The average molecular weight is 423 g/mol. The van der Waals surface area contributed by atoms with Gasteiger partial charge in [-0.1, -0.05) is 0 Å². The molecule has 6 nitrogen and oxygen atoms in total. The zero-order chi connectivity index (χ0) is 20.1. The smallest absolute Gasteiger partial charge is 0.311 e. The Balaban J connectivity index is 1.85. The second-order valence-corrected chi connectivity index (χ2v) is 8.13. The minimum absolute atomic E-state index is 0.210. The fourth-order valence-corrected chi connectivity index (χ4v) is 4.71. The van der Waals surface area contributed by atoms with E-state index in [0.29, 0.717) is 13.3 Å². The third-order valence-corrected chi connectivity index (χ3v) is 6.30. The summed E-state index contributed by atoms with van der Waals surface area (Å²) in [7, 11) is 3.36. The van der Waals surface area contributed by atoms with Gasteiger partial charge in [-0.25, -0.2) is 0 Å². The molecule has 0 aliphatic carbocycles. The number of thiazole rings is 1. The lowest BCUT2D eigenvalue weighted by Crippen LogP contribution is -2.28. The zero-order valence-corrected chi connectivity index (χ0v) is 18.1. The van der Waals surface area contributed by atoms with Crippen LogP contribution in [0.4, 0.5) is 0 Å². The summed E-state index contributed by atoms with van der Waals surface area (Å²) in [5.74, 6) is 1.45. The molecule has 28 heavy (non-hydrogen) atoms. The van der Waals surface area contributed by atoms with Crippen LogP contribution in [0.25, 0.3) is 0 Å². The molecule has 1 aromatic heterocycles. The minimum atomic E-state index is -0.225. The molecule has 2 heterocycles. The highest BCUT2D eigenvalue weighted by Crippen LogP contribution is 2.39. The molecule has 3 rings (SSSR count). The highest BCUT2D eigenvalue weighted by atomic mass is 32.1. The largest absolute Gasteiger partial charge is 0.497 e. The molecule has 2 aromatic rings. The monoisotopic (exact) mass is 422 g/mol. The second-order valence-electron chi connectivity index (χ2n) is 6.62. The van der Waals surface area contributed by atoms with E-state index >= 15 is 0 Å². The van der Waals surface area contributed by atoms with Gasteiger partial charge in [-0.2, -0.15) is 0 Å². The summed E-state index contributed by atoms with van der Waals surface area (Å²) in [4.78, 5) is 14.3. The molecule has 1 fully saturated rings. The van der Waals surface area contributed by atoms with E-state index in [0.717, 1.165) is 46.1 Å². The molecular weight excluding hydrogens is 396 g/mol. The van der Waals surface area contributed by atoms with Crippen molar-refractivity contribution < 1.29 is 19.0 Å². The van der Waals surface area contributed by atoms with Crippen LogP contribution in [0.15, 0.2) is 23.6 Å². The van der Waals surface area contributed by atoms with Crippen molar-refractivity contribution in [1.82, 2.24) is 9.47 Å². The summed E-state index contributed by atoms with van der Waals surface area (Å²) >= 11 is 7.01. The Bertz CT molecular complexity index is 877. The molecule has 0 amide bonds. The number of aromatic nitrogens is 1. The van der Waals surface area contributed by atoms with Crippen LogP contribution in [0.5, 0.6) is 11.5 Å². The second kappa shape index (κ2) is 9.54. The van der Waals surface area contributed by atoms with Crippen LogP contribution in [0.2, 0.25) is 0 Å². The molecule has 0 radical (unpaired) electrons. The van der Waals surface area contributed by atoms with E-state index in [-0.39, 0.29) is 18.4 Å². The fraction of sp³-hybridized carbons (Fsp3) is 0.500. The standard InChI is InChI=1S/C20H26N2O4S2/c1-4-26-19(23)10-14-12-28-20(27)22(14)13-21-9-5-6-17(21)16-11-15(24-2)7-8-18(16)25-3/h7-8,11-12,17H,4-6,9-10,13H2,1-3H3/t17-/m1/s1. The molecule has 152 valence electrons. The molecule has 0 spiro atoms. The predicted octanol–water partition coefficient (Wildman–Crippen LogP) is 4.20. The molecule has 8 heteroatoms. The lowest BCUT2D eigenvalue weighted by Gasteiger charge is -2.27. The Hall–Kier alpha value is -1.90. The van der Waals surface area contributed by atoms with E-state index in [1.807, 2.05) is 35.1 Å². The van der Waals surface area contributed by atoms with E-state index in [1.54, 1.807) is 14.2 Å². The molecule has 0 N–H and O–H groups in total. The van der Waals surface area contributed by atoms with Crippen LogP contribution in [-0.2, 0) is 22.6 Å². The van der Waals surface area contributed by atoms with E-state index in [4.69, 9.17) is 26.4 Å². The maximum Gasteiger partial charge on any atom is 0.311 e. The third kappa shape index (κ3) is 4.56. The SMILES string of the molecule is CCOC(=O)Cc1csc(=S)n1CN1CCC[C@@H]1c1cc(OC)ccc1OC. The molecule has 1 atom stereocenters. The van der Waals surface area contributed by atoms with Crippen molar-refractivity contribution in [2.24, 2.45) is 0 Å². The molecule has 1 aliphatic rings. The first kappa shape index (κ1) is 20.8. The highest BCUT2D eigenvalue weighted by Gasteiger charge is 2.29. The van der Waals surface area contributed by atoms with Crippen molar-refractivity contribution in [3.05, 3.63) is 38.8 Å². The first-order chi connectivity index (χ1) is 13.6. The topological polar surface area (TPSA) is 52.9 Å². The Labute approximate surface area is 174 Å². The van der Waals surface area contributed by atoms with E-state index in [1.165, 1.54) is 11.3 Å². The number of carbonyl (C=O) groups is 1. The summed E-state index contributed by atoms with van der Waals surface area (Å²) in [5, 5.41) is 1.95. The van der Waals surface area contributed by atoms with Crippen LogP contribution in [-0.4, -0.2) is 42.8 Å². The molecule has 1 aromatic carbocycles. The van der Waals surface area contributed by atoms with Gasteiger partial charge in [-0.3, -0.25) is 9.69 Å². The van der Waals surface area contributed by atoms with Crippen molar-refractivity contribution in [2.75, 3.05) is 27.4 Å². The van der Waals surface area contributed by atoms with Gasteiger partial charge in [0.1, 0.15) is 11.5 Å². The summed E-state index contributed by atoms with van der Waals surface area (Å²) < 4.78 is 18.9. The normalized spacial score (nSPS) is 16.9. The number of nitrogens with zero attached hydrogens (tertiary/aromatic N) is 2. The van der Waals surface area contributed by atoms with Crippen LogP contribution >= 0.6 is 23.6 Å². The Morgan fingerprint density at radius 2 is 2.14 bits per heavy atom. The molecule has 1 saturated heterocycles. The van der Waals surface area contributed by atoms with Crippen molar-refractivity contribution in [3.8, 4) is 11.5 Å². The summed E-state index contributed by atoms with van der Waals surface area (Å²) in [6, 6.07) is 6.12. The van der Waals surface area contributed by atoms with Gasteiger partial charge in [0.05, 0.1) is 33.9 Å². The molecular formula is C20H26N2O4S2. The predicted molar refractivity (Wildman–Crippen MR) is 112 cm³/mol. The van der Waals surface area contributed by atoms with Crippen LogP contribution in [0, 0.1) is 3.95 Å². The number of likely N-dealkylation sites (tertiary alicyclic amines) is 1. The first-order valence-electron chi connectivity index (χ1n) is 9.36. The van der Waals surface area contributed by atoms with Gasteiger partial charge >= 0.3 is 5.97 Å². The van der Waals surface area contributed by atoms with Gasteiger partial charge in [0.15, 0.2) is 3.95 Å². The Kier molecular flexibility index (Phi) is 7.09. The highest BCUT2D eigenvalue weighted by molar-refractivity contribution is 7.73. The number of hydrogen-bond acceptors (Lipinski definition) is 7. The van der Waals surface area contributed by atoms with Crippen molar-refractivity contribution in [1.29, 1.82) is 0 Å². The van der Waals surface area contributed by atoms with Crippen LogP contribution < -0.4 is 9.47 Å². The summed E-state index contributed by atoms with van der Waals surface area (Å²) in [5.41, 5.74) is 2.02. The molecule has 0 bridgehead atoms. The fourth-order valence-electron chi connectivity index (χ4n) is 3.64. The number of carbonyl (C=O) groups excluding carboxylic acids is 1. The first-order valence-corrected chi connectivity index (χ1v) is 10.6. The van der Waals surface area contributed by atoms with Crippen molar-refractivity contribution in [3.63, 3.8) is 0 Å². The number of esters is 1. The summed E-state index contributed by atoms with van der Waals surface area (Å²) in [6.45, 7) is 3.80. The number of hydrogen-bond donors (Lipinski definition) is 0. The van der Waals surface area contributed by atoms with E-state index in [2.05, 4.69) is 4.90 Å². The lowest BCUT2D eigenvalue weighted by molar-refractivity contribution is -0.142. The van der Waals surface area contributed by atoms with E-state index < -0.39 is 0 Å². The van der Waals surface area contributed by atoms with Gasteiger partial charge in [0, 0.05) is 29.2 Å². The molecule has 0 saturated carbocycles. The third-order valence-electron chi connectivity index (χ3n) is 4.98. The molecule has 1 aliphatic heterocycles. The van der Waals surface area contributed by atoms with Gasteiger partial charge < -0.3 is 18.8 Å². The summed E-state index contributed by atoms with van der Waals surface area (Å²) in [6.07, 6.45) is 2.37. The quantitative estimate of drug-likeness (QED) is 0.470. The number of methoxy groups -OCH3 is 2. The number of ether oxygens (including phenoxy) is 3.